The van der Waals surface area contributed by atoms with E-state index in [1.54, 1.807) is 0 Å². The molecular weight excluding hydrogens is 268 g/mol. The minimum absolute atomic E-state index is 0.700. The summed E-state index contributed by atoms with van der Waals surface area (Å²) < 4.78 is 0. The smallest absolute Gasteiger partial charge is 0.0400 e. The zero-order chi connectivity index (χ0) is 14.8. The first-order valence-electron chi connectivity index (χ1n) is 8.51. The third kappa shape index (κ3) is 2.76. The minimum Gasteiger partial charge on any atom is -0.369 e. The van der Waals surface area contributed by atoms with Crippen molar-refractivity contribution in [1.82, 2.24) is 4.90 Å². The second kappa shape index (κ2) is 6.13. The quantitative estimate of drug-likeness (QED) is 0.847. The number of para-hydroxylation sites is 1. The van der Waals surface area contributed by atoms with E-state index in [-0.39, 0.29) is 0 Å². The van der Waals surface area contributed by atoms with Crippen LogP contribution in [0.25, 0.3) is 0 Å². The summed E-state index contributed by atoms with van der Waals surface area (Å²) in [7, 11) is 0. The fourth-order valence-electron chi connectivity index (χ4n) is 3.98. The monoisotopic (exact) mass is 292 g/mol. The molecule has 0 spiro atoms. The summed E-state index contributed by atoms with van der Waals surface area (Å²) in [5, 5.41) is 0. The van der Waals surface area contributed by atoms with Crippen molar-refractivity contribution in [3.63, 3.8) is 0 Å². The Balaban J connectivity index is 1.44. The summed E-state index contributed by atoms with van der Waals surface area (Å²) in [6, 6.07) is 20.5. The van der Waals surface area contributed by atoms with E-state index >= 15 is 0 Å². The van der Waals surface area contributed by atoms with Crippen LogP contribution in [0.15, 0.2) is 54.6 Å². The highest BCUT2D eigenvalue weighted by Crippen LogP contribution is 2.30. The van der Waals surface area contributed by atoms with Crippen molar-refractivity contribution < 1.29 is 0 Å². The Kier molecular flexibility index (Phi) is 3.86. The number of rotatable bonds is 4. The largest absolute Gasteiger partial charge is 0.369 e. The van der Waals surface area contributed by atoms with E-state index in [0.29, 0.717) is 6.04 Å². The van der Waals surface area contributed by atoms with E-state index in [0.717, 1.165) is 6.54 Å². The first-order chi connectivity index (χ1) is 10.9. The lowest BCUT2D eigenvalue weighted by Gasteiger charge is -2.30. The molecule has 1 saturated heterocycles. The summed E-state index contributed by atoms with van der Waals surface area (Å²) in [6.45, 7) is 4.72. The Morgan fingerprint density at radius 2 is 1.73 bits per heavy atom. The summed E-state index contributed by atoms with van der Waals surface area (Å²) in [4.78, 5) is 5.28. The molecule has 0 N–H and O–H groups in total. The van der Waals surface area contributed by atoms with Gasteiger partial charge >= 0.3 is 0 Å². The molecule has 2 aliphatic rings. The molecule has 114 valence electrons. The molecule has 2 aromatic carbocycles. The zero-order valence-corrected chi connectivity index (χ0v) is 13.1. The van der Waals surface area contributed by atoms with Gasteiger partial charge in [-0.05, 0) is 43.0 Å². The van der Waals surface area contributed by atoms with Crippen molar-refractivity contribution >= 4 is 5.69 Å². The molecule has 1 fully saturated rings. The molecule has 0 aliphatic carbocycles. The van der Waals surface area contributed by atoms with Gasteiger partial charge in [0.1, 0.15) is 0 Å². The average Bonchev–Trinajstić information content (AvgIpc) is 3.17. The van der Waals surface area contributed by atoms with Gasteiger partial charge in [0.25, 0.3) is 0 Å². The van der Waals surface area contributed by atoms with Crippen molar-refractivity contribution in [2.24, 2.45) is 0 Å². The third-order valence-corrected chi connectivity index (χ3v) is 5.14. The molecule has 4 rings (SSSR count). The van der Waals surface area contributed by atoms with Gasteiger partial charge in [-0.1, -0.05) is 48.5 Å². The lowest BCUT2D eigenvalue weighted by atomic mass is 10.1. The van der Waals surface area contributed by atoms with Crippen molar-refractivity contribution in [2.45, 2.75) is 31.8 Å². The van der Waals surface area contributed by atoms with Gasteiger partial charge in [-0.3, -0.25) is 4.90 Å². The SMILES string of the molecule is c1ccc(CN2CCC[C@H]2CN2CCc3ccccc32)cc1. The first-order valence-corrected chi connectivity index (χ1v) is 8.51. The van der Waals surface area contributed by atoms with Crippen molar-refractivity contribution in [3.8, 4) is 0 Å². The Bertz CT molecular complexity index is 623. The van der Waals surface area contributed by atoms with Crippen LogP contribution in [0.2, 0.25) is 0 Å². The topological polar surface area (TPSA) is 6.48 Å². The standard InChI is InChI=1S/C20H24N2/c1-2-7-17(8-3-1)15-21-13-6-10-19(21)16-22-14-12-18-9-4-5-11-20(18)22/h1-5,7-9,11,19H,6,10,12-16H2/t19-/m0/s1. The number of likely N-dealkylation sites (tertiary alicyclic amines) is 1. The minimum atomic E-state index is 0.700. The Morgan fingerprint density at radius 1 is 0.909 bits per heavy atom. The molecule has 2 heterocycles. The number of anilines is 1. The molecule has 2 aliphatic heterocycles. The van der Waals surface area contributed by atoms with Crippen LogP contribution in [-0.4, -0.2) is 30.6 Å². The van der Waals surface area contributed by atoms with Crippen molar-refractivity contribution in [3.05, 3.63) is 65.7 Å². The van der Waals surface area contributed by atoms with E-state index < -0.39 is 0 Å². The molecule has 0 aromatic heterocycles. The van der Waals surface area contributed by atoms with Gasteiger partial charge < -0.3 is 4.90 Å². The Hall–Kier alpha value is -1.80. The summed E-state index contributed by atoms with van der Waals surface area (Å²) in [6.07, 6.45) is 3.89. The molecule has 0 saturated carbocycles. The van der Waals surface area contributed by atoms with E-state index in [2.05, 4.69) is 64.4 Å². The van der Waals surface area contributed by atoms with E-state index in [1.807, 2.05) is 0 Å². The third-order valence-electron chi connectivity index (χ3n) is 5.14. The maximum Gasteiger partial charge on any atom is 0.0400 e. The van der Waals surface area contributed by atoms with Gasteiger partial charge in [-0.25, -0.2) is 0 Å². The van der Waals surface area contributed by atoms with E-state index in [4.69, 9.17) is 0 Å². The number of nitrogens with zero attached hydrogens (tertiary/aromatic N) is 2. The lowest BCUT2D eigenvalue weighted by molar-refractivity contribution is 0.247. The van der Waals surface area contributed by atoms with Gasteiger partial charge in [0.2, 0.25) is 0 Å². The highest BCUT2D eigenvalue weighted by atomic mass is 15.2. The highest BCUT2D eigenvalue weighted by molar-refractivity contribution is 5.57. The van der Waals surface area contributed by atoms with E-state index in [9.17, 15) is 0 Å². The van der Waals surface area contributed by atoms with Crippen LogP contribution in [0, 0.1) is 0 Å². The molecule has 0 radical (unpaired) electrons. The molecule has 0 amide bonds. The number of hydrogen-bond acceptors (Lipinski definition) is 2. The lowest BCUT2D eigenvalue weighted by Crippen LogP contribution is -2.39. The van der Waals surface area contributed by atoms with Crippen molar-refractivity contribution in [2.75, 3.05) is 24.5 Å². The highest BCUT2D eigenvalue weighted by Gasteiger charge is 2.28. The predicted octanol–water partition coefficient (Wildman–Crippen LogP) is 3.71. The van der Waals surface area contributed by atoms with Gasteiger partial charge in [0, 0.05) is 31.4 Å². The zero-order valence-electron chi connectivity index (χ0n) is 13.1. The second-order valence-corrected chi connectivity index (χ2v) is 6.58. The molecule has 2 aromatic rings. The fourth-order valence-corrected chi connectivity index (χ4v) is 3.98. The van der Waals surface area contributed by atoms with Gasteiger partial charge in [-0.2, -0.15) is 0 Å². The molecule has 2 heteroatoms. The Morgan fingerprint density at radius 3 is 2.64 bits per heavy atom. The van der Waals surface area contributed by atoms with Crippen LogP contribution in [0.5, 0.6) is 0 Å². The van der Waals surface area contributed by atoms with Gasteiger partial charge in [-0.15, -0.1) is 0 Å². The maximum absolute atomic E-state index is 2.68. The molecule has 2 nitrogen and oxygen atoms in total. The van der Waals surface area contributed by atoms with Crippen LogP contribution in [0.4, 0.5) is 5.69 Å². The molecule has 0 bridgehead atoms. The predicted molar refractivity (Wildman–Crippen MR) is 92.2 cm³/mol. The number of fused-ring (bicyclic) bond motifs is 1. The van der Waals surface area contributed by atoms with Crippen LogP contribution in [-0.2, 0) is 13.0 Å². The normalized spacial score (nSPS) is 21.3. The van der Waals surface area contributed by atoms with Crippen LogP contribution < -0.4 is 4.90 Å². The van der Waals surface area contributed by atoms with Crippen LogP contribution >= 0.6 is 0 Å². The van der Waals surface area contributed by atoms with Crippen LogP contribution in [0.3, 0.4) is 0 Å². The van der Waals surface area contributed by atoms with Gasteiger partial charge in [0.05, 0.1) is 0 Å². The van der Waals surface area contributed by atoms with Crippen LogP contribution in [0.1, 0.15) is 24.0 Å². The first kappa shape index (κ1) is 13.8. The maximum atomic E-state index is 2.68. The summed E-state index contributed by atoms with van der Waals surface area (Å²) in [5.74, 6) is 0. The number of hydrogen-bond donors (Lipinski definition) is 0. The molecule has 0 unspecified atom stereocenters. The molecule has 22 heavy (non-hydrogen) atoms. The average molecular weight is 292 g/mol. The second-order valence-electron chi connectivity index (χ2n) is 6.58. The molecule has 1 atom stereocenters. The summed E-state index contributed by atoms with van der Waals surface area (Å²) >= 11 is 0. The summed E-state index contributed by atoms with van der Waals surface area (Å²) in [5.41, 5.74) is 4.43. The molecular formula is C20H24N2. The van der Waals surface area contributed by atoms with Gasteiger partial charge in [0.15, 0.2) is 0 Å². The Labute approximate surface area is 133 Å². The number of benzene rings is 2. The van der Waals surface area contributed by atoms with E-state index in [1.165, 1.54) is 55.7 Å². The fraction of sp³-hybridized carbons (Fsp3) is 0.400. The van der Waals surface area contributed by atoms with Crippen molar-refractivity contribution in [1.29, 1.82) is 0 Å².